The van der Waals surface area contributed by atoms with Gasteiger partial charge in [0.1, 0.15) is 16.7 Å². The molecular weight excluding hydrogens is 458 g/mol. The number of carbonyl (C=O) groups is 3. The first-order valence-corrected chi connectivity index (χ1v) is 12.5. The Morgan fingerprint density at radius 1 is 1.15 bits per heavy atom. The van der Waals surface area contributed by atoms with Gasteiger partial charge in [-0.05, 0) is 42.7 Å². The van der Waals surface area contributed by atoms with Gasteiger partial charge in [0, 0.05) is 26.6 Å². The van der Waals surface area contributed by atoms with Crippen molar-refractivity contribution >= 4 is 27.7 Å². The van der Waals surface area contributed by atoms with E-state index in [4.69, 9.17) is 4.74 Å². The lowest BCUT2D eigenvalue weighted by atomic mass is 10.1. The molecule has 0 aliphatic carbocycles. The van der Waals surface area contributed by atoms with Crippen LogP contribution in [0.25, 0.3) is 0 Å². The lowest BCUT2D eigenvalue weighted by Gasteiger charge is -2.30. The van der Waals surface area contributed by atoms with Crippen molar-refractivity contribution in [3.05, 3.63) is 59.7 Å². The summed E-state index contributed by atoms with van der Waals surface area (Å²) in [5.74, 6) is -0.547. The Bertz CT molecular complexity index is 1180. The smallest absolute Gasteiger partial charge is 0.269 e. The van der Waals surface area contributed by atoms with Crippen molar-refractivity contribution in [2.45, 2.75) is 43.7 Å². The average molecular weight is 488 g/mol. The van der Waals surface area contributed by atoms with Gasteiger partial charge in [0.2, 0.25) is 11.8 Å². The normalized spacial score (nSPS) is 14.9. The highest BCUT2D eigenvalue weighted by Crippen LogP contribution is 2.30. The second-order valence-corrected chi connectivity index (χ2v) is 9.72. The van der Waals surface area contributed by atoms with E-state index in [2.05, 4.69) is 5.32 Å². The minimum Gasteiger partial charge on any atom is -0.497 e. The fourth-order valence-corrected chi connectivity index (χ4v) is 5.63. The molecule has 3 amide bonds. The highest BCUT2D eigenvalue weighted by Gasteiger charge is 2.40. The molecule has 1 atom stereocenters. The molecule has 1 aliphatic heterocycles. The maximum atomic E-state index is 13.2. The van der Waals surface area contributed by atoms with Gasteiger partial charge < -0.3 is 15.0 Å². The first-order valence-electron chi connectivity index (χ1n) is 11.0. The van der Waals surface area contributed by atoms with Crippen LogP contribution in [0.1, 0.15) is 42.1 Å². The van der Waals surface area contributed by atoms with Crippen molar-refractivity contribution in [2.24, 2.45) is 0 Å². The quantitative estimate of drug-likeness (QED) is 0.550. The van der Waals surface area contributed by atoms with E-state index in [1.54, 1.807) is 37.4 Å². The van der Waals surface area contributed by atoms with E-state index >= 15 is 0 Å². The molecule has 2 aromatic carbocycles. The molecule has 34 heavy (non-hydrogen) atoms. The van der Waals surface area contributed by atoms with Crippen molar-refractivity contribution in [3.8, 4) is 5.75 Å². The Hall–Kier alpha value is -3.40. The van der Waals surface area contributed by atoms with E-state index in [-0.39, 0.29) is 48.2 Å². The van der Waals surface area contributed by atoms with Crippen molar-refractivity contribution in [1.82, 2.24) is 14.5 Å². The minimum absolute atomic E-state index is 0.0170. The number of amides is 3. The van der Waals surface area contributed by atoms with Crippen molar-refractivity contribution < 1.29 is 27.5 Å². The van der Waals surface area contributed by atoms with Crippen LogP contribution in [-0.4, -0.2) is 62.1 Å². The van der Waals surface area contributed by atoms with Crippen LogP contribution in [0.15, 0.2) is 53.4 Å². The molecule has 0 saturated carbocycles. The molecule has 0 saturated heterocycles. The minimum atomic E-state index is -3.93. The van der Waals surface area contributed by atoms with Crippen LogP contribution in [-0.2, 0) is 26.2 Å². The van der Waals surface area contributed by atoms with Gasteiger partial charge in [-0.3, -0.25) is 14.4 Å². The SMILES string of the molecule is CCC(C(=O)NC)N(Cc1cccc(OC)c1)C(=O)CCCN1C(=O)c2ccccc2S1(=O)=O. The van der Waals surface area contributed by atoms with Crippen LogP contribution >= 0.6 is 0 Å². The Labute approximate surface area is 199 Å². The maximum absolute atomic E-state index is 13.2. The number of hydrogen-bond acceptors (Lipinski definition) is 6. The molecule has 3 rings (SSSR count). The highest BCUT2D eigenvalue weighted by atomic mass is 32.2. The third-order valence-corrected chi connectivity index (χ3v) is 7.62. The molecule has 2 aromatic rings. The molecule has 182 valence electrons. The van der Waals surface area contributed by atoms with Gasteiger partial charge in [0.15, 0.2) is 0 Å². The summed E-state index contributed by atoms with van der Waals surface area (Å²) in [6.45, 7) is 1.89. The first-order chi connectivity index (χ1) is 16.2. The summed E-state index contributed by atoms with van der Waals surface area (Å²) in [5, 5.41) is 2.60. The fourth-order valence-electron chi connectivity index (χ4n) is 4.02. The molecule has 0 radical (unpaired) electrons. The first kappa shape index (κ1) is 25.2. The number of sulfonamides is 1. The third kappa shape index (κ3) is 5.06. The van der Waals surface area contributed by atoms with E-state index in [0.29, 0.717) is 12.2 Å². The van der Waals surface area contributed by atoms with Crippen LogP contribution in [0.3, 0.4) is 0 Å². The Kier molecular flexibility index (Phi) is 7.93. The lowest BCUT2D eigenvalue weighted by molar-refractivity contribution is -0.141. The molecule has 10 heteroatoms. The summed E-state index contributed by atoms with van der Waals surface area (Å²) in [6, 6.07) is 12.6. The van der Waals surface area contributed by atoms with Crippen LogP contribution in [0.4, 0.5) is 0 Å². The summed E-state index contributed by atoms with van der Waals surface area (Å²) in [7, 11) is -0.864. The molecule has 1 aliphatic rings. The number of carbonyl (C=O) groups excluding carboxylic acids is 3. The number of benzene rings is 2. The summed E-state index contributed by atoms with van der Waals surface area (Å²) in [4.78, 5) is 39.8. The van der Waals surface area contributed by atoms with E-state index in [9.17, 15) is 22.8 Å². The zero-order valence-electron chi connectivity index (χ0n) is 19.5. The number of likely N-dealkylation sites (N-methyl/N-ethyl adjacent to an activating group) is 1. The van der Waals surface area contributed by atoms with Crippen LogP contribution < -0.4 is 10.1 Å². The molecule has 1 heterocycles. The Morgan fingerprint density at radius 2 is 1.88 bits per heavy atom. The van der Waals surface area contributed by atoms with E-state index in [0.717, 1.165) is 9.87 Å². The fraction of sp³-hybridized carbons (Fsp3) is 0.375. The number of rotatable bonds is 10. The number of ether oxygens (including phenoxy) is 1. The molecular formula is C24H29N3O6S. The Balaban J connectivity index is 1.74. The standard InChI is InChI=1S/C24H29N3O6S/c1-4-20(23(29)25-2)26(16-17-9-7-10-18(15-17)33-3)22(28)13-8-14-27-24(30)19-11-5-6-12-21(19)34(27,31)32/h5-7,9-12,15,20H,4,8,13-14,16H2,1-3H3,(H,25,29). The van der Waals surface area contributed by atoms with E-state index < -0.39 is 22.0 Å². The molecule has 0 fully saturated rings. The summed E-state index contributed by atoms with van der Waals surface area (Å²) in [5.41, 5.74) is 0.932. The predicted octanol–water partition coefficient (Wildman–Crippen LogP) is 2.17. The molecule has 1 unspecified atom stereocenters. The van der Waals surface area contributed by atoms with Crippen LogP contribution in [0.5, 0.6) is 5.75 Å². The monoisotopic (exact) mass is 487 g/mol. The van der Waals surface area contributed by atoms with Gasteiger partial charge in [-0.15, -0.1) is 0 Å². The summed E-state index contributed by atoms with van der Waals surface area (Å²) >= 11 is 0. The number of hydrogen-bond donors (Lipinski definition) is 1. The molecule has 0 aromatic heterocycles. The largest absolute Gasteiger partial charge is 0.497 e. The van der Waals surface area contributed by atoms with Gasteiger partial charge >= 0.3 is 0 Å². The van der Waals surface area contributed by atoms with Gasteiger partial charge in [-0.25, -0.2) is 12.7 Å². The second kappa shape index (κ2) is 10.7. The molecule has 0 spiro atoms. The predicted molar refractivity (Wildman–Crippen MR) is 126 cm³/mol. The van der Waals surface area contributed by atoms with Gasteiger partial charge in [0.05, 0.1) is 12.7 Å². The van der Waals surface area contributed by atoms with E-state index in [1.165, 1.54) is 24.1 Å². The van der Waals surface area contributed by atoms with Crippen molar-refractivity contribution in [2.75, 3.05) is 20.7 Å². The number of nitrogens with zero attached hydrogens (tertiary/aromatic N) is 2. The second-order valence-electron chi connectivity index (χ2n) is 7.89. The van der Waals surface area contributed by atoms with Crippen LogP contribution in [0.2, 0.25) is 0 Å². The van der Waals surface area contributed by atoms with E-state index in [1.807, 2.05) is 13.0 Å². The molecule has 9 nitrogen and oxygen atoms in total. The third-order valence-electron chi connectivity index (χ3n) is 5.78. The average Bonchev–Trinajstić information content (AvgIpc) is 3.04. The highest BCUT2D eigenvalue weighted by molar-refractivity contribution is 7.90. The number of nitrogens with one attached hydrogen (secondary N) is 1. The van der Waals surface area contributed by atoms with Crippen LogP contribution in [0, 0.1) is 0 Å². The topological polar surface area (TPSA) is 113 Å². The maximum Gasteiger partial charge on any atom is 0.269 e. The molecule has 0 bridgehead atoms. The van der Waals surface area contributed by atoms with Gasteiger partial charge in [0.25, 0.3) is 15.9 Å². The van der Waals surface area contributed by atoms with Gasteiger partial charge in [-0.2, -0.15) is 0 Å². The zero-order valence-corrected chi connectivity index (χ0v) is 20.3. The van der Waals surface area contributed by atoms with Crippen molar-refractivity contribution in [3.63, 3.8) is 0 Å². The number of fused-ring (bicyclic) bond motifs is 1. The van der Waals surface area contributed by atoms with Gasteiger partial charge in [-0.1, -0.05) is 31.2 Å². The lowest BCUT2D eigenvalue weighted by Crippen LogP contribution is -2.48. The summed E-state index contributed by atoms with van der Waals surface area (Å²) in [6.07, 6.45) is 0.521. The molecule has 1 N–H and O–H groups in total. The van der Waals surface area contributed by atoms with Crippen molar-refractivity contribution in [1.29, 1.82) is 0 Å². The zero-order chi connectivity index (χ0) is 24.9. The Morgan fingerprint density at radius 3 is 2.53 bits per heavy atom. The number of methoxy groups -OCH3 is 1. The summed E-state index contributed by atoms with van der Waals surface area (Å²) < 4.78 is 31.5.